The number of benzene rings is 1. The van der Waals surface area contributed by atoms with Crippen LogP contribution in [0.15, 0.2) is 48.8 Å². The molecule has 1 fully saturated rings. The Morgan fingerprint density at radius 2 is 1.94 bits per heavy atom. The number of morpholine rings is 1. The van der Waals surface area contributed by atoms with E-state index in [0.29, 0.717) is 48.8 Å². The Morgan fingerprint density at radius 3 is 2.68 bits per heavy atom. The monoisotopic (exact) mass is 416 g/mol. The minimum absolute atomic E-state index is 0.0375. The van der Waals surface area contributed by atoms with E-state index in [4.69, 9.17) is 10.5 Å². The number of carbonyl (C=O) groups is 1. The van der Waals surface area contributed by atoms with Crippen molar-refractivity contribution in [1.29, 1.82) is 0 Å². The van der Waals surface area contributed by atoms with E-state index >= 15 is 0 Å². The third-order valence-electron chi connectivity index (χ3n) is 5.06. The van der Waals surface area contributed by atoms with E-state index in [1.54, 1.807) is 41.6 Å². The summed E-state index contributed by atoms with van der Waals surface area (Å²) in [7, 11) is 0. The molecule has 2 aromatic heterocycles. The largest absolute Gasteiger partial charge is 0.384 e. The molecular formula is C24H21FN4O2. The molecule has 1 aliphatic rings. The lowest BCUT2D eigenvalue weighted by Gasteiger charge is -2.27. The number of pyridine rings is 2. The molecule has 1 amide bonds. The van der Waals surface area contributed by atoms with E-state index in [1.807, 2.05) is 13.0 Å². The molecule has 2 N–H and O–H groups in total. The molecule has 6 nitrogen and oxygen atoms in total. The fourth-order valence-corrected chi connectivity index (χ4v) is 3.37. The van der Waals surface area contributed by atoms with Gasteiger partial charge in [-0.3, -0.25) is 9.78 Å². The van der Waals surface area contributed by atoms with Crippen LogP contribution in [-0.2, 0) is 4.74 Å². The minimum atomic E-state index is -0.549. The maximum Gasteiger partial charge on any atom is 0.257 e. The van der Waals surface area contributed by atoms with Crippen LogP contribution in [0, 0.1) is 24.6 Å². The molecule has 0 bridgehead atoms. The highest BCUT2D eigenvalue weighted by atomic mass is 19.1. The molecule has 3 heterocycles. The fraction of sp³-hybridized carbons (Fsp3) is 0.208. The Bertz CT molecular complexity index is 1180. The molecule has 3 aromatic rings. The first-order valence-corrected chi connectivity index (χ1v) is 9.89. The zero-order valence-corrected chi connectivity index (χ0v) is 17.1. The van der Waals surface area contributed by atoms with Crippen molar-refractivity contribution < 1.29 is 13.9 Å². The zero-order valence-electron chi connectivity index (χ0n) is 17.1. The number of nitrogens with zero attached hydrogens (tertiary/aromatic N) is 3. The summed E-state index contributed by atoms with van der Waals surface area (Å²) in [6.45, 7) is 3.66. The maximum atomic E-state index is 14.5. The molecule has 31 heavy (non-hydrogen) atoms. The highest BCUT2D eigenvalue weighted by molar-refractivity contribution is 5.96. The SMILES string of the molecule is Cc1nccc(-c2ccc(F)c(C(=O)N3CCOCC3)c2)c1C#Cc1ccc(N)nc1. The lowest BCUT2D eigenvalue weighted by Crippen LogP contribution is -2.41. The topological polar surface area (TPSA) is 81.3 Å². The molecule has 0 spiro atoms. The van der Waals surface area contributed by atoms with Crippen molar-refractivity contribution in [2.45, 2.75) is 6.92 Å². The minimum Gasteiger partial charge on any atom is -0.384 e. The predicted octanol–water partition coefficient (Wildman–Crippen LogP) is 3.05. The van der Waals surface area contributed by atoms with Crippen molar-refractivity contribution in [1.82, 2.24) is 14.9 Å². The summed E-state index contributed by atoms with van der Waals surface area (Å²) in [6, 6.07) is 9.84. The maximum absolute atomic E-state index is 14.5. The zero-order chi connectivity index (χ0) is 21.8. The molecule has 0 radical (unpaired) electrons. The van der Waals surface area contributed by atoms with Crippen LogP contribution >= 0.6 is 0 Å². The number of hydrogen-bond donors (Lipinski definition) is 1. The quantitative estimate of drug-likeness (QED) is 0.650. The molecule has 7 heteroatoms. The fourth-order valence-electron chi connectivity index (χ4n) is 3.37. The Balaban J connectivity index is 1.73. The van der Waals surface area contributed by atoms with E-state index in [0.717, 1.165) is 11.3 Å². The average molecular weight is 416 g/mol. The standard InChI is InChI=1S/C24H21FN4O2/c1-16-19(5-2-17-3-7-23(26)28-15-17)20(8-9-27-16)18-4-6-22(25)21(14-18)24(30)29-10-12-31-13-11-29/h3-4,6-9,14-15H,10-13H2,1H3,(H2,26,28). The van der Waals surface area contributed by atoms with Crippen molar-refractivity contribution >= 4 is 11.7 Å². The first-order valence-electron chi connectivity index (χ1n) is 9.89. The number of amides is 1. The summed E-state index contributed by atoms with van der Waals surface area (Å²) in [6.07, 6.45) is 3.28. The van der Waals surface area contributed by atoms with Gasteiger partial charge in [0.1, 0.15) is 11.6 Å². The third kappa shape index (κ3) is 4.55. The molecule has 4 rings (SSSR count). The van der Waals surface area contributed by atoms with Crippen LogP contribution in [0.1, 0.15) is 27.2 Å². The summed E-state index contributed by atoms with van der Waals surface area (Å²) >= 11 is 0. The Kier molecular flexibility index (Phi) is 5.92. The van der Waals surface area contributed by atoms with Gasteiger partial charge >= 0.3 is 0 Å². The number of hydrogen-bond acceptors (Lipinski definition) is 5. The van der Waals surface area contributed by atoms with E-state index in [2.05, 4.69) is 21.8 Å². The van der Waals surface area contributed by atoms with Gasteiger partial charge in [-0.15, -0.1) is 0 Å². The van der Waals surface area contributed by atoms with Gasteiger partial charge < -0.3 is 15.4 Å². The molecule has 156 valence electrons. The highest BCUT2D eigenvalue weighted by Gasteiger charge is 2.22. The van der Waals surface area contributed by atoms with E-state index in [1.165, 1.54) is 6.07 Å². The second-order valence-corrected chi connectivity index (χ2v) is 7.14. The molecule has 1 saturated heterocycles. The highest BCUT2D eigenvalue weighted by Crippen LogP contribution is 2.27. The number of aryl methyl sites for hydroxylation is 1. The second kappa shape index (κ2) is 8.94. The molecule has 0 atom stereocenters. The van der Waals surface area contributed by atoms with Crippen LogP contribution in [0.2, 0.25) is 0 Å². The van der Waals surface area contributed by atoms with Gasteiger partial charge in [-0.2, -0.15) is 0 Å². The third-order valence-corrected chi connectivity index (χ3v) is 5.06. The van der Waals surface area contributed by atoms with Crippen molar-refractivity contribution in [2.75, 3.05) is 32.0 Å². The van der Waals surface area contributed by atoms with E-state index < -0.39 is 5.82 Å². The van der Waals surface area contributed by atoms with Crippen molar-refractivity contribution in [3.8, 4) is 23.0 Å². The lowest BCUT2D eigenvalue weighted by atomic mass is 9.97. The van der Waals surface area contributed by atoms with Gasteiger partial charge in [0.05, 0.1) is 30.0 Å². The number of rotatable bonds is 2. The Morgan fingerprint density at radius 1 is 1.13 bits per heavy atom. The second-order valence-electron chi connectivity index (χ2n) is 7.14. The van der Waals surface area contributed by atoms with Gasteiger partial charge in [0.2, 0.25) is 0 Å². The van der Waals surface area contributed by atoms with Crippen LogP contribution in [0.25, 0.3) is 11.1 Å². The molecule has 1 aromatic carbocycles. The number of ether oxygens (including phenoxy) is 1. The van der Waals surface area contributed by atoms with Crippen LogP contribution in [0.5, 0.6) is 0 Å². The molecule has 1 aliphatic heterocycles. The van der Waals surface area contributed by atoms with Crippen LogP contribution in [0.4, 0.5) is 10.2 Å². The summed E-state index contributed by atoms with van der Waals surface area (Å²) in [5.74, 6) is 5.75. The predicted molar refractivity (Wildman–Crippen MR) is 116 cm³/mol. The summed E-state index contributed by atoms with van der Waals surface area (Å²) in [5.41, 5.74) is 9.29. The molecule has 0 saturated carbocycles. The lowest BCUT2D eigenvalue weighted by molar-refractivity contribution is 0.0300. The summed E-state index contributed by atoms with van der Waals surface area (Å²) in [5, 5.41) is 0. The van der Waals surface area contributed by atoms with E-state index in [9.17, 15) is 9.18 Å². The molecule has 0 aliphatic carbocycles. The van der Waals surface area contributed by atoms with Gasteiger partial charge in [0.15, 0.2) is 0 Å². The van der Waals surface area contributed by atoms with Gasteiger partial charge in [-0.05, 0) is 42.8 Å². The molecule has 0 unspecified atom stereocenters. The van der Waals surface area contributed by atoms with Gasteiger partial charge in [0.25, 0.3) is 5.91 Å². The first-order chi connectivity index (χ1) is 15.0. The first kappa shape index (κ1) is 20.5. The van der Waals surface area contributed by atoms with Gasteiger partial charge in [0, 0.05) is 36.6 Å². The normalized spacial score (nSPS) is 13.4. The van der Waals surface area contributed by atoms with Crippen LogP contribution in [0.3, 0.4) is 0 Å². The number of aromatic nitrogens is 2. The number of nitrogens with two attached hydrogens (primary N) is 1. The van der Waals surface area contributed by atoms with Crippen LogP contribution in [-0.4, -0.2) is 47.1 Å². The number of nitrogen functional groups attached to an aromatic ring is 1. The average Bonchev–Trinajstić information content (AvgIpc) is 2.80. The van der Waals surface area contributed by atoms with Crippen molar-refractivity contribution in [2.24, 2.45) is 0 Å². The van der Waals surface area contributed by atoms with Gasteiger partial charge in [-0.1, -0.05) is 17.9 Å². The number of anilines is 1. The van der Waals surface area contributed by atoms with Crippen molar-refractivity contribution in [3.63, 3.8) is 0 Å². The Hall–Kier alpha value is -3.76. The number of halogens is 1. The van der Waals surface area contributed by atoms with E-state index in [-0.39, 0.29) is 11.5 Å². The number of carbonyl (C=O) groups excluding carboxylic acids is 1. The summed E-state index contributed by atoms with van der Waals surface area (Å²) in [4.78, 5) is 22.9. The van der Waals surface area contributed by atoms with Crippen LogP contribution < -0.4 is 5.73 Å². The smallest absolute Gasteiger partial charge is 0.257 e. The Labute approximate surface area is 179 Å². The van der Waals surface area contributed by atoms with Crippen molar-refractivity contribution in [3.05, 3.63) is 77.0 Å². The summed E-state index contributed by atoms with van der Waals surface area (Å²) < 4.78 is 19.8. The van der Waals surface area contributed by atoms with Gasteiger partial charge in [-0.25, -0.2) is 9.37 Å². The molecular weight excluding hydrogens is 395 g/mol.